The molecular weight excluding hydrogens is 383 g/mol. The van der Waals surface area contributed by atoms with Crippen molar-refractivity contribution in [3.8, 4) is 11.4 Å². The van der Waals surface area contributed by atoms with Crippen LogP contribution in [0.4, 0.5) is 10.2 Å². The highest BCUT2D eigenvalue weighted by atomic mass is 35.5. The van der Waals surface area contributed by atoms with Gasteiger partial charge < -0.3 is 15.3 Å². The Balaban J connectivity index is 0.00000160. The molecule has 1 aliphatic rings. The zero-order valence-corrected chi connectivity index (χ0v) is 16.4. The summed E-state index contributed by atoms with van der Waals surface area (Å²) < 4.78 is 14.7. The van der Waals surface area contributed by atoms with Crippen LogP contribution in [0.25, 0.3) is 22.4 Å². The predicted molar refractivity (Wildman–Crippen MR) is 111 cm³/mol. The van der Waals surface area contributed by atoms with Crippen molar-refractivity contribution in [1.82, 2.24) is 25.5 Å². The summed E-state index contributed by atoms with van der Waals surface area (Å²) in [5.41, 5.74) is 1.11. The maximum absolute atomic E-state index is 14.7. The minimum atomic E-state index is -0.531. The molecule has 0 saturated carbocycles. The molecule has 2 unspecified atom stereocenters. The third-order valence-electron chi connectivity index (χ3n) is 5.08. The Morgan fingerprint density at radius 2 is 2.25 bits per heavy atom. The highest BCUT2D eigenvalue weighted by molar-refractivity contribution is 6.33. The number of piperazine rings is 1. The molecule has 0 aliphatic carbocycles. The smallest absolute Gasteiger partial charge is 0.181 e. The van der Waals surface area contributed by atoms with Gasteiger partial charge in [0.1, 0.15) is 11.5 Å². The molecule has 28 heavy (non-hydrogen) atoms. The van der Waals surface area contributed by atoms with Gasteiger partial charge in [0, 0.05) is 34.1 Å². The van der Waals surface area contributed by atoms with Gasteiger partial charge in [-0.05, 0) is 24.1 Å². The van der Waals surface area contributed by atoms with E-state index in [1.54, 1.807) is 12.3 Å². The molecule has 0 bridgehead atoms. The number of hydrogen-bond acceptors (Lipinski definition) is 6. The second-order valence-electron chi connectivity index (χ2n) is 7.34. The largest absolute Gasteiger partial charge is 0.391 e. The van der Waals surface area contributed by atoms with Crippen LogP contribution in [0.2, 0.25) is 5.02 Å². The van der Waals surface area contributed by atoms with E-state index >= 15 is 0 Å². The molecule has 0 radical (unpaired) electrons. The van der Waals surface area contributed by atoms with E-state index < -0.39 is 11.9 Å². The summed E-state index contributed by atoms with van der Waals surface area (Å²) >= 11 is 6.34. The standard InChI is InChI=1S/C19H22ClFN6O.2H2/c1-10(2)17(28)14-9-27(7-6-22-14)19-12(20)8-13(21)16(24-19)15-11-4-3-5-23-18(11)26-25-15;;/h3-5,8,10,14,17,22,28H,6-7,9H2,1-2H3,(H,23,25,26);2*1H. The predicted octanol–water partition coefficient (Wildman–Crippen LogP) is 3.10. The maximum atomic E-state index is 14.7. The lowest BCUT2D eigenvalue weighted by Gasteiger charge is -2.38. The number of aromatic nitrogens is 4. The topological polar surface area (TPSA) is 90.0 Å². The van der Waals surface area contributed by atoms with E-state index in [1.165, 1.54) is 6.07 Å². The number of fused-ring (bicyclic) bond motifs is 1. The van der Waals surface area contributed by atoms with E-state index in [2.05, 4.69) is 25.5 Å². The molecule has 4 rings (SSSR count). The first-order valence-electron chi connectivity index (χ1n) is 9.27. The van der Waals surface area contributed by atoms with E-state index in [1.807, 2.05) is 24.8 Å². The highest BCUT2D eigenvalue weighted by Gasteiger charge is 2.29. The number of anilines is 1. The first-order valence-corrected chi connectivity index (χ1v) is 9.65. The summed E-state index contributed by atoms with van der Waals surface area (Å²) in [5.74, 6) is 0.0812. The summed E-state index contributed by atoms with van der Waals surface area (Å²) in [5, 5.41) is 21.7. The number of halogens is 2. The summed E-state index contributed by atoms with van der Waals surface area (Å²) in [6.45, 7) is 5.82. The number of aliphatic hydroxyl groups is 1. The number of rotatable bonds is 4. The molecule has 3 aromatic rings. The van der Waals surface area contributed by atoms with E-state index in [0.29, 0.717) is 42.2 Å². The number of hydrogen-bond donors (Lipinski definition) is 3. The lowest BCUT2D eigenvalue weighted by Crippen LogP contribution is -2.57. The molecule has 4 heterocycles. The lowest BCUT2D eigenvalue weighted by molar-refractivity contribution is 0.0811. The van der Waals surface area contributed by atoms with E-state index in [-0.39, 0.29) is 25.5 Å². The number of aromatic amines is 1. The van der Waals surface area contributed by atoms with Crippen molar-refractivity contribution in [2.45, 2.75) is 26.0 Å². The summed E-state index contributed by atoms with van der Waals surface area (Å²) in [7, 11) is 0. The molecule has 2 atom stereocenters. The van der Waals surface area contributed by atoms with E-state index in [9.17, 15) is 9.50 Å². The molecule has 152 valence electrons. The van der Waals surface area contributed by atoms with Gasteiger partial charge in [-0.15, -0.1) is 0 Å². The Morgan fingerprint density at radius 1 is 1.43 bits per heavy atom. The highest BCUT2D eigenvalue weighted by Crippen LogP contribution is 2.33. The number of nitrogens with zero attached hydrogens (tertiary/aromatic N) is 4. The lowest BCUT2D eigenvalue weighted by atomic mass is 9.98. The van der Waals surface area contributed by atoms with Crippen molar-refractivity contribution in [2.75, 3.05) is 24.5 Å². The molecule has 0 spiro atoms. The van der Waals surface area contributed by atoms with Crippen LogP contribution < -0.4 is 10.2 Å². The number of H-pyrrole nitrogens is 1. The van der Waals surface area contributed by atoms with Gasteiger partial charge in [0.05, 0.1) is 22.9 Å². The first-order chi connectivity index (χ1) is 13.5. The molecule has 7 nitrogen and oxygen atoms in total. The van der Waals surface area contributed by atoms with Gasteiger partial charge in [0.15, 0.2) is 11.5 Å². The van der Waals surface area contributed by atoms with Crippen LogP contribution in [0.3, 0.4) is 0 Å². The van der Waals surface area contributed by atoms with Gasteiger partial charge in [-0.3, -0.25) is 5.10 Å². The normalized spacial score (nSPS) is 18.8. The molecule has 3 aromatic heterocycles. The van der Waals surface area contributed by atoms with Crippen LogP contribution in [0.5, 0.6) is 0 Å². The minimum Gasteiger partial charge on any atom is -0.391 e. The molecule has 1 aliphatic heterocycles. The second-order valence-corrected chi connectivity index (χ2v) is 7.75. The molecule has 1 saturated heterocycles. The Morgan fingerprint density at radius 3 is 3.04 bits per heavy atom. The van der Waals surface area contributed by atoms with Crippen molar-refractivity contribution < 1.29 is 12.4 Å². The van der Waals surface area contributed by atoms with Crippen LogP contribution in [-0.2, 0) is 0 Å². The number of nitrogens with one attached hydrogen (secondary N) is 2. The summed E-state index contributed by atoms with van der Waals surface area (Å²) in [6, 6.07) is 4.75. The Labute approximate surface area is 169 Å². The van der Waals surface area contributed by atoms with Gasteiger partial charge in [-0.2, -0.15) is 5.10 Å². The van der Waals surface area contributed by atoms with Gasteiger partial charge >= 0.3 is 0 Å². The van der Waals surface area contributed by atoms with E-state index in [4.69, 9.17) is 11.6 Å². The fourth-order valence-corrected chi connectivity index (χ4v) is 3.81. The molecule has 0 amide bonds. The fourth-order valence-electron chi connectivity index (χ4n) is 3.55. The fraction of sp³-hybridized carbons (Fsp3) is 0.421. The summed E-state index contributed by atoms with van der Waals surface area (Å²) in [4.78, 5) is 10.7. The molecule has 0 aromatic carbocycles. The van der Waals surface area contributed by atoms with Gasteiger partial charge in [0.25, 0.3) is 0 Å². The zero-order chi connectivity index (χ0) is 19.8. The van der Waals surface area contributed by atoms with Crippen molar-refractivity contribution in [1.29, 1.82) is 0 Å². The van der Waals surface area contributed by atoms with Crippen LogP contribution in [0.15, 0.2) is 24.4 Å². The van der Waals surface area contributed by atoms with Crippen molar-refractivity contribution in [3.63, 3.8) is 0 Å². The third-order valence-corrected chi connectivity index (χ3v) is 5.36. The average molecular weight is 409 g/mol. The van der Waals surface area contributed by atoms with Crippen LogP contribution >= 0.6 is 11.6 Å². The van der Waals surface area contributed by atoms with Gasteiger partial charge in [-0.25, -0.2) is 14.4 Å². The van der Waals surface area contributed by atoms with Gasteiger partial charge in [0.2, 0.25) is 0 Å². The van der Waals surface area contributed by atoms with Crippen LogP contribution in [-0.4, -0.2) is 57.1 Å². The second kappa shape index (κ2) is 7.62. The summed E-state index contributed by atoms with van der Waals surface area (Å²) in [6.07, 6.45) is 1.13. The maximum Gasteiger partial charge on any atom is 0.181 e. The first kappa shape index (κ1) is 19.0. The van der Waals surface area contributed by atoms with E-state index in [0.717, 1.165) is 0 Å². The quantitative estimate of drug-likeness (QED) is 0.614. The molecule has 3 N–H and O–H groups in total. The third kappa shape index (κ3) is 3.43. The number of pyridine rings is 2. The van der Waals surface area contributed by atoms with Crippen LogP contribution in [0, 0.1) is 11.7 Å². The zero-order valence-electron chi connectivity index (χ0n) is 15.7. The van der Waals surface area contributed by atoms with Gasteiger partial charge in [-0.1, -0.05) is 25.4 Å². The molecular formula is C19H26ClFN6O. The van der Waals surface area contributed by atoms with Crippen molar-refractivity contribution in [3.05, 3.63) is 35.2 Å². The average Bonchev–Trinajstić information content (AvgIpc) is 3.11. The molecule has 1 fully saturated rings. The SMILES string of the molecule is CC(C)C(O)C1CN(c2nc(-c3[nH]nc4ncccc34)c(F)cc2Cl)CCN1.[HH].[HH]. The van der Waals surface area contributed by atoms with Crippen molar-refractivity contribution in [2.24, 2.45) is 5.92 Å². The molecule has 9 heteroatoms. The monoisotopic (exact) mass is 408 g/mol. The Hall–Kier alpha value is -2.29. The Bertz CT molecular complexity index is 1000. The van der Waals surface area contributed by atoms with Crippen LogP contribution in [0.1, 0.15) is 16.7 Å². The Kier molecular flexibility index (Phi) is 5.18. The van der Waals surface area contributed by atoms with Crippen molar-refractivity contribution >= 4 is 28.5 Å². The number of aliphatic hydroxyl groups excluding tert-OH is 1. The minimum absolute atomic E-state index is 0.